The molecule has 0 radical (unpaired) electrons. The predicted octanol–water partition coefficient (Wildman–Crippen LogP) is 4.55. The molecule has 0 bridgehead atoms. The van der Waals surface area contributed by atoms with Gasteiger partial charge in [-0.15, -0.1) is 0 Å². The Hall–Kier alpha value is -1.42. The normalized spacial score (nSPS) is 12.6. The second kappa shape index (κ2) is 6.15. The second-order valence-corrected chi connectivity index (χ2v) is 5.88. The van der Waals surface area contributed by atoms with Crippen LogP contribution in [0.15, 0.2) is 18.2 Å². The van der Waals surface area contributed by atoms with E-state index in [2.05, 4.69) is 36.3 Å². The molecule has 102 valence electrons. The molecule has 4 heteroatoms. The molecule has 3 nitrogen and oxygen atoms in total. The van der Waals surface area contributed by atoms with Gasteiger partial charge in [-0.2, -0.15) is 0 Å². The minimum Gasteiger partial charge on any atom is -0.302 e. The van der Waals surface area contributed by atoms with Crippen LogP contribution in [0.4, 0.5) is 5.13 Å². The topological polar surface area (TPSA) is 42.0 Å². The summed E-state index contributed by atoms with van der Waals surface area (Å²) < 4.78 is 1.14. The molecule has 1 atom stereocenters. The van der Waals surface area contributed by atoms with Gasteiger partial charge in [-0.3, -0.25) is 4.79 Å². The van der Waals surface area contributed by atoms with Crippen LogP contribution in [0.5, 0.6) is 0 Å². The molecule has 1 aromatic carbocycles. The lowest BCUT2D eigenvalue weighted by Gasteiger charge is -2.07. The first-order valence-corrected chi connectivity index (χ1v) is 7.66. The van der Waals surface area contributed by atoms with Crippen LogP contribution in [-0.4, -0.2) is 10.9 Å². The molecule has 1 unspecified atom stereocenters. The number of anilines is 1. The Bertz CT molecular complexity index is 577. The molecule has 0 fully saturated rings. The zero-order valence-corrected chi connectivity index (χ0v) is 12.5. The molecule has 1 heterocycles. The molecule has 19 heavy (non-hydrogen) atoms. The van der Waals surface area contributed by atoms with Gasteiger partial charge in [0.2, 0.25) is 5.91 Å². The molecule has 0 aliphatic carbocycles. The van der Waals surface area contributed by atoms with Gasteiger partial charge in [0.05, 0.1) is 10.2 Å². The molecule has 0 saturated carbocycles. The SMILES string of the molecule is CCCC(=O)Nc1nc2ccc(C(C)CC)cc2s1. The number of hydrogen-bond acceptors (Lipinski definition) is 3. The monoisotopic (exact) mass is 276 g/mol. The van der Waals surface area contributed by atoms with Crippen molar-refractivity contribution in [1.82, 2.24) is 4.98 Å². The van der Waals surface area contributed by atoms with E-state index in [1.54, 1.807) is 11.3 Å². The Morgan fingerprint density at radius 3 is 2.89 bits per heavy atom. The van der Waals surface area contributed by atoms with Gasteiger partial charge < -0.3 is 5.32 Å². The third-order valence-corrected chi connectivity index (χ3v) is 4.25. The average molecular weight is 276 g/mol. The Balaban J connectivity index is 2.23. The zero-order valence-electron chi connectivity index (χ0n) is 11.7. The number of aromatic nitrogens is 1. The van der Waals surface area contributed by atoms with Crippen LogP contribution >= 0.6 is 11.3 Å². The van der Waals surface area contributed by atoms with Crippen LogP contribution < -0.4 is 5.32 Å². The Morgan fingerprint density at radius 1 is 1.42 bits per heavy atom. The summed E-state index contributed by atoms with van der Waals surface area (Å²) in [5, 5.41) is 3.57. The van der Waals surface area contributed by atoms with Crippen LogP contribution in [0.25, 0.3) is 10.2 Å². The fraction of sp³-hybridized carbons (Fsp3) is 0.467. The third-order valence-electron chi connectivity index (χ3n) is 3.32. The first kappa shape index (κ1) is 14.0. The molecular formula is C15H20N2OS. The molecule has 0 aliphatic heterocycles. The quantitative estimate of drug-likeness (QED) is 0.870. The van der Waals surface area contributed by atoms with E-state index in [4.69, 9.17) is 0 Å². The number of benzene rings is 1. The highest BCUT2D eigenvalue weighted by Gasteiger charge is 2.09. The van der Waals surface area contributed by atoms with Crippen LogP contribution in [0.3, 0.4) is 0 Å². The van der Waals surface area contributed by atoms with E-state index in [1.165, 1.54) is 5.56 Å². The number of hydrogen-bond donors (Lipinski definition) is 1. The molecule has 0 aliphatic rings. The standard InChI is InChI=1S/C15H20N2OS/c1-4-6-14(18)17-15-16-12-8-7-11(10(3)5-2)9-13(12)19-15/h7-10H,4-6H2,1-3H3,(H,16,17,18). The van der Waals surface area contributed by atoms with Gasteiger partial charge in [-0.1, -0.05) is 38.2 Å². The summed E-state index contributed by atoms with van der Waals surface area (Å²) in [5.41, 5.74) is 2.30. The van der Waals surface area contributed by atoms with Gasteiger partial charge in [0, 0.05) is 6.42 Å². The van der Waals surface area contributed by atoms with Crippen LogP contribution in [0, 0.1) is 0 Å². The molecular weight excluding hydrogens is 256 g/mol. The summed E-state index contributed by atoms with van der Waals surface area (Å²) >= 11 is 1.55. The van der Waals surface area contributed by atoms with Crippen molar-refractivity contribution >= 4 is 32.6 Å². The van der Waals surface area contributed by atoms with E-state index >= 15 is 0 Å². The van der Waals surface area contributed by atoms with Crippen LogP contribution in [0.2, 0.25) is 0 Å². The van der Waals surface area contributed by atoms with Crippen LogP contribution in [-0.2, 0) is 4.79 Å². The van der Waals surface area contributed by atoms with Gasteiger partial charge in [0.15, 0.2) is 5.13 Å². The number of thiazole rings is 1. The lowest BCUT2D eigenvalue weighted by Crippen LogP contribution is -2.09. The van der Waals surface area contributed by atoms with E-state index in [-0.39, 0.29) is 5.91 Å². The maximum Gasteiger partial charge on any atom is 0.226 e. The molecule has 0 spiro atoms. The highest BCUT2D eigenvalue weighted by atomic mass is 32.1. The number of rotatable bonds is 5. The highest BCUT2D eigenvalue weighted by Crippen LogP contribution is 2.29. The van der Waals surface area contributed by atoms with Gasteiger partial charge >= 0.3 is 0 Å². The van der Waals surface area contributed by atoms with Crippen molar-refractivity contribution in [2.75, 3.05) is 5.32 Å². The van der Waals surface area contributed by atoms with Crippen LogP contribution in [0.1, 0.15) is 51.5 Å². The summed E-state index contributed by atoms with van der Waals surface area (Å²) in [5.74, 6) is 0.605. The Kier molecular flexibility index (Phi) is 4.53. The fourth-order valence-corrected chi connectivity index (χ4v) is 2.88. The van der Waals surface area contributed by atoms with Crippen molar-refractivity contribution in [3.05, 3.63) is 23.8 Å². The number of carbonyl (C=O) groups is 1. The second-order valence-electron chi connectivity index (χ2n) is 4.85. The lowest BCUT2D eigenvalue weighted by molar-refractivity contribution is -0.116. The minimum atomic E-state index is 0.0451. The van der Waals surface area contributed by atoms with E-state index in [1.807, 2.05) is 13.0 Å². The first-order chi connectivity index (χ1) is 9.13. The number of carbonyl (C=O) groups excluding carboxylic acids is 1. The summed E-state index contributed by atoms with van der Waals surface area (Å²) in [7, 11) is 0. The van der Waals surface area contributed by atoms with Crippen molar-refractivity contribution < 1.29 is 4.79 Å². The summed E-state index contributed by atoms with van der Waals surface area (Å²) in [4.78, 5) is 16.0. The summed E-state index contributed by atoms with van der Waals surface area (Å²) in [6.07, 6.45) is 2.54. The predicted molar refractivity (Wildman–Crippen MR) is 81.9 cm³/mol. The number of nitrogens with zero attached hydrogens (tertiary/aromatic N) is 1. The van der Waals surface area contributed by atoms with Crippen molar-refractivity contribution in [2.24, 2.45) is 0 Å². The number of amides is 1. The maximum absolute atomic E-state index is 11.6. The first-order valence-electron chi connectivity index (χ1n) is 6.84. The Morgan fingerprint density at radius 2 is 2.21 bits per heavy atom. The Labute approximate surface area is 118 Å². The third kappa shape index (κ3) is 3.32. The molecule has 2 aromatic rings. The molecule has 1 aromatic heterocycles. The summed E-state index contributed by atoms with van der Waals surface area (Å²) in [6, 6.07) is 6.37. The van der Waals surface area contributed by atoms with E-state index in [0.29, 0.717) is 17.5 Å². The van der Waals surface area contributed by atoms with Crippen molar-refractivity contribution in [2.45, 2.75) is 46.0 Å². The summed E-state index contributed by atoms with van der Waals surface area (Å²) in [6.45, 7) is 6.42. The van der Waals surface area contributed by atoms with Crippen molar-refractivity contribution in [1.29, 1.82) is 0 Å². The van der Waals surface area contributed by atoms with Gasteiger partial charge in [0.1, 0.15) is 0 Å². The van der Waals surface area contributed by atoms with Gasteiger partial charge in [-0.25, -0.2) is 4.98 Å². The largest absolute Gasteiger partial charge is 0.302 e. The number of fused-ring (bicyclic) bond motifs is 1. The van der Waals surface area contributed by atoms with Gasteiger partial charge in [0.25, 0.3) is 0 Å². The molecule has 1 amide bonds. The zero-order chi connectivity index (χ0) is 13.8. The van der Waals surface area contributed by atoms with Gasteiger partial charge in [-0.05, 0) is 36.5 Å². The van der Waals surface area contributed by atoms with E-state index in [0.717, 1.165) is 23.1 Å². The van der Waals surface area contributed by atoms with Crippen molar-refractivity contribution in [3.63, 3.8) is 0 Å². The van der Waals surface area contributed by atoms with Crippen molar-refractivity contribution in [3.8, 4) is 0 Å². The van der Waals surface area contributed by atoms with E-state index < -0.39 is 0 Å². The maximum atomic E-state index is 11.6. The fourth-order valence-electron chi connectivity index (χ4n) is 1.95. The minimum absolute atomic E-state index is 0.0451. The molecule has 2 rings (SSSR count). The number of nitrogens with one attached hydrogen (secondary N) is 1. The smallest absolute Gasteiger partial charge is 0.226 e. The lowest BCUT2D eigenvalue weighted by atomic mass is 9.99. The van der Waals surface area contributed by atoms with E-state index in [9.17, 15) is 4.79 Å². The molecule has 0 saturated heterocycles. The average Bonchev–Trinajstić information content (AvgIpc) is 2.78. The highest BCUT2D eigenvalue weighted by molar-refractivity contribution is 7.22. The molecule has 1 N–H and O–H groups in total.